The fourth-order valence-electron chi connectivity index (χ4n) is 2.08. The zero-order valence-electron chi connectivity index (χ0n) is 13.0. The van der Waals surface area contributed by atoms with Gasteiger partial charge in [0.2, 0.25) is 0 Å². The van der Waals surface area contributed by atoms with Crippen molar-refractivity contribution in [2.45, 2.75) is 77.0 Å². The van der Waals surface area contributed by atoms with Crippen molar-refractivity contribution in [1.82, 2.24) is 0 Å². The van der Waals surface area contributed by atoms with Crippen LogP contribution in [-0.4, -0.2) is 35.4 Å². The molecular weight excluding hydrogens is 272 g/mol. The minimum Gasteiger partial charge on any atom is -0.481 e. The molecule has 5 nitrogen and oxygen atoms in total. The first kappa shape index (κ1) is 19.9. The van der Waals surface area contributed by atoms with Gasteiger partial charge in [-0.2, -0.15) is 0 Å². The van der Waals surface area contributed by atoms with Gasteiger partial charge in [-0.1, -0.05) is 38.5 Å². The van der Waals surface area contributed by atoms with Crippen molar-refractivity contribution >= 4 is 11.9 Å². The van der Waals surface area contributed by atoms with Crippen LogP contribution in [0.1, 0.15) is 77.0 Å². The third-order valence-electron chi connectivity index (χ3n) is 3.34. The second-order valence-electron chi connectivity index (χ2n) is 5.37. The zero-order valence-corrected chi connectivity index (χ0v) is 13.0. The van der Waals surface area contributed by atoms with Gasteiger partial charge in [0, 0.05) is 19.4 Å². The number of aliphatic hydroxyl groups excluding tert-OH is 1. The molecular formula is C16H30O5. The van der Waals surface area contributed by atoms with Gasteiger partial charge in [0.1, 0.15) is 0 Å². The Morgan fingerprint density at radius 3 is 1.86 bits per heavy atom. The maximum atomic E-state index is 11.4. The normalized spacial score (nSPS) is 10.5. The van der Waals surface area contributed by atoms with Crippen LogP contribution in [0.2, 0.25) is 0 Å². The number of carboxylic acids is 1. The lowest BCUT2D eigenvalue weighted by Crippen LogP contribution is -2.05. The monoisotopic (exact) mass is 302 g/mol. The Morgan fingerprint density at radius 2 is 1.24 bits per heavy atom. The lowest BCUT2D eigenvalue weighted by Gasteiger charge is -2.05. The fourth-order valence-corrected chi connectivity index (χ4v) is 2.08. The van der Waals surface area contributed by atoms with Crippen LogP contribution in [0, 0.1) is 0 Å². The average molecular weight is 302 g/mol. The molecule has 0 rings (SSSR count). The van der Waals surface area contributed by atoms with Crippen LogP contribution in [0.3, 0.4) is 0 Å². The SMILES string of the molecule is O=C(O)CCCCCCC(=O)OCCCCCCCCO. The first-order valence-electron chi connectivity index (χ1n) is 8.15. The number of aliphatic hydroxyl groups is 1. The minimum absolute atomic E-state index is 0.145. The summed E-state index contributed by atoms with van der Waals surface area (Å²) < 4.78 is 5.14. The molecule has 0 bridgehead atoms. The second kappa shape index (κ2) is 15.3. The summed E-state index contributed by atoms with van der Waals surface area (Å²) in [6.45, 7) is 0.770. The summed E-state index contributed by atoms with van der Waals surface area (Å²) in [6, 6.07) is 0. The van der Waals surface area contributed by atoms with Gasteiger partial charge < -0.3 is 14.9 Å². The molecule has 0 saturated heterocycles. The highest BCUT2D eigenvalue weighted by molar-refractivity contribution is 5.69. The van der Waals surface area contributed by atoms with E-state index in [-0.39, 0.29) is 19.0 Å². The molecule has 0 radical (unpaired) electrons. The Hall–Kier alpha value is -1.10. The van der Waals surface area contributed by atoms with Crippen molar-refractivity contribution in [1.29, 1.82) is 0 Å². The summed E-state index contributed by atoms with van der Waals surface area (Å²) >= 11 is 0. The lowest BCUT2D eigenvalue weighted by atomic mass is 10.1. The predicted octanol–water partition coefficient (Wildman–Crippen LogP) is 3.29. The Bertz CT molecular complexity index is 265. The van der Waals surface area contributed by atoms with Crippen molar-refractivity contribution < 1.29 is 24.5 Å². The number of hydrogen-bond donors (Lipinski definition) is 2. The summed E-state index contributed by atoms with van der Waals surface area (Å²) in [5.41, 5.74) is 0. The number of carbonyl (C=O) groups excluding carboxylic acids is 1. The van der Waals surface area contributed by atoms with E-state index >= 15 is 0 Å². The molecule has 0 spiro atoms. The highest BCUT2D eigenvalue weighted by Gasteiger charge is 2.03. The third kappa shape index (κ3) is 16.8. The van der Waals surface area contributed by atoms with Gasteiger partial charge in [-0.15, -0.1) is 0 Å². The molecule has 0 unspecified atom stereocenters. The van der Waals surface area contributed by atoms with E-state index in [2.05, 4.69) is 0 Å². The van der Waals surface area contributed by atoms with Gasteiger partial charge in [-0.25, -0.2) is 0 Å². The Balaban J connectivity index is 3.18. The van der Waals surface area contributed by atoms with Crippen molar-refractivity contribution in [3.63, 3.8) is 0 Å². The quantitative estimate of drug-likeness (QED) is 0.358. The van der Waals surface area contributed by atoms with Crippen LogP contribution in [0.4, 0.5) is 0 Å². The number of esters is 1. The van der Waals surface area contributed by atoms with Crippen molar-refractivity contribution in [2.75, 3.05) is 13.2 Å². The number of unbranched alkanes of at least 4 members (excludes halogenated alkanes) is 8. The van der Waals surface area contributed by atoms with E-state index in [9.17, 15) is 9.59 Å². The number of carboxylic acid groups (broad SMARTS) is 1. The summed E-state index contributed by atoms with van der Waals surface area (Å²) in [4.78, 5) is 21.7. The highest BCUT2D eigenvalue weighted by Crippen LogP contribution is 2.08. The Labute approximate surface area is 127 Å². The van der Waals surface area contributed by atoms with Crippen LogP contribution in [-0.2, 0) is 14.3 Å². The molecule has 5 heteroatoms. The number of rotatable bonds is 15. The maximum Gasteiger partial charge on any atom is 0.305 e. The third-order valence-corrected chi connectivity index (χ3v) is 3.34. The molecule has 0 saturated carbocycles. The molecule has 0 fully saturated rings. The number of carbonyl (C=O) groups is 2. The van der Waals surface area contributed by atoms with E-state index in [1.165, 1.54) is 0 Å². The molecule has 0 aromatic carbocycles. The summed E-state index contributed by atoms with van der Waals surface area (Å²) in [7, 11) is 0. The number of ether oxygens (including phenoxy) is 1. The standard InChI is InChI=1S/C16H30O5/c17-13-9-5-1-2-6-10-14-21-16(20)12-8-4-3-7-11-15(18)19/h17H,1-14H2,(H,18,19). The second-order valence-corrected chi connectivity index (χ2v) is 5.37. The van der Waals surface area contributed by atoms with E-state index < -0.39 is 5.97 Å². The van der Waals surface area contributed by atoms with Crippen LogP contribution >= 0.6 is 0 Å². The summed E-state index contributed by atoms with van der Waals surface area (Å²) in [5.74, 6) is -0.903. The molecule has 21 heavy (non-hydrogen) atoms. The Morgan fingerprint density at radius 1 is 0.714 bits per heavy atom. The first-order chi connectivity index (χ1) is 10.2. The van der Waals surface area contributed by atoms with Gasteiger partial charge in [0.05, 0.1) is 6.61 Å². The summed E-state index contributed by atoms with van der Waals surface area (Å²) in [6.07, 6.45) is 10.0. The van der Waals surface area contributed by atoms with E-state index in [0.717, 1.165) is 57.8 Å². The minimum atomic E-state index is -0.759. The predicted molar refractivity (Wildman–Crippen MR) is 81.1 cm³/mol. The number of aliphatic carboxylic acids is 1. The van der Waals surface area contributed by atoms with Crippen molar-refractivity contribution in [3.05, 3.63) is 0 Å². The lowest BCUT2D eigenvalue weighted by molar-refractivity contribution is -0.144. The molecule has 0 heterocycles. The smallest absolute Gasteiger partial charge is 0.305 e. The summed E-state index contributed by atoms with van der Waals surface area (Å²) in [5, 5.41) is 17.1. The molecule has 2 N–H and O–H groups in total. The van der Waals surface area contributed by atoms with E-state index in [1.54, 1.807) is 0 Å². The highest BCUT2D eigenvalue weighted by atomic mass is 16.5. The van der Waals surface area contributed by atoms with Gasteiger partial charge >= 0.3 is 11.9 Å². The van der Waals surface area contributed by atoms with Crippen LogP contribution < -0.4 is 0 Å². The van der Waals surface area contributed by atoms with E-state index in [1.807, 2.05) is 0 Å². The van der Waals surface area contributed by atoms with Gasteiger partial charge in [-0.3, -0.25) is 9.59 Å². The van der Waals surface area contributed by atoms with Crippen molar-refractivity contribution in [2.24, 2.45) is 0 Å². The fraction of sp³-hybridized carbons (Fsp3) is 0.875. The topological polar surface area (TPSA) is 83.8 Å². The molecule has 0 aliphatic heterocycles. The maximum absolute atomic E-state index is 11.4. The zero-order chi connectivity index (χ0) is 15.8. The average Bonchev–Trinajstić information content (AvgIpc) is 2.45. The molecule has 0 atom stereocenters. The van der Waals surface area contributed by atoms with Crippen LogP contribution in [0.5, 0.6) is 0 Å². The molecule has 0 aromatic rings. The van der Waals surface area contributed by atoms with E-state index in [0.29, 0.717) is 19.4 Å². The molecule has 0 aliphatic rings. The van der Waals surface area contributed by atoms with Crippen LogP contribution in [0.25, 0.3) is 0 Å². The van der Waals surface area contributed by atoms with Gasteiger partial charge in [0.25, 0.3) is 0 Å². The molecule has 0 aliphatic carbocycles. The molecule has 0 amide bonds. The van der Waals surface area contributed by atoms with Crippen molar-refractivity contribution in [3.8, 4) is 0 Å². The van der Waals surface area contributed by atoms with Gasteiger partial charge in [-0.05, 0) is 25.7 Å². The van der Waals surface area contributed by atoms with Crippen LogP contribution in [0.15, 0.2) is 0 Å². The first-order valence-corrected chi connectivity index (χ1v) is 8.15. The van der Waals surface area contributed by atoms with Gasteiger partial charge in [0.15, 0.2) is 0 Å². The molecule has 0 aromatic heterocycles. The Kier molecular flexibility index (Phi) is 14.5. The van der Waals surface area contributed by atoms with E-state index in [4.69, 9.17) is 14.9 Å². The number of hydrogen-bond acceptors (Lipinski definition) is 4. The largest absolute Gasteiger partial charge is 0.481 e. The molecule has 124 valence electrons.